The van der Waals surface area contributed by atoms with Gasteiger partial charge >= 0.3 is 0 Å². The van der Waals surface area contributed by atoms with Crippen LogP contribution in [0.3, 0.4) is 0 Å². The number of para-hydroxylation sites is 2. The van der Waals surface area contributed by atoms with Gasteiger partial charge in [-0.15, -0.1) is 0 Å². The Bertz CT molecular complexity index is 761. The smallest absolute Gasteiger partial charge is 0.142 e. The van der Waals surface area contributed by atoms with Crippen molar-refractivity contribution in [2.24, 2.45) is 0 Å². The number of methoxy groups -OCH3 is 1. The number of rotatable bonds is 3. The molecule has 3 aromatic rings. The summed E-state index contributed by atoms with van der Waals surface area (Å²) >= 11 is 6.04. The van der Waals surface area contributed by atoms with E-state index in [9.17, 15) is 0 Å². The zero-order chi connectivity index (χ0) is 13.9. The molecule has 1 aromatic heterocycles. The fourth-order valence-corrected chi connectivity index (χ4v) is 2.18. The molecule has 0 spiro atoms. The third-order valence-electron chi connectivity index (χ3n) is 2.96. The van der Waals surface area contributed by atoms with E-state index in [2.05, 4.69) is 15.3 Å². The maximum atomic E-state index is 6.04. The highest BCUT2D eigenvalue weighted by Gasteiger charge is 2.07. The standard InChI is InChI=1S/C15H12ClN3O/c1-20-14-5-3-2-4-13(14)19-15-11-8-10(16)6-7-12(11)17-9-18-15/h2-9H,1H3,(H,17,18,19). The Morgan fingerprint density at radius 1 is 1.10 bits per heavy atom. The van der Waals surface area contributed by atoms with Crippen molar-refractivity contribution in [1.82, 2.24) is 9.97 Å². The Morgan fingerprint density at radius 3 is 2.80 bits per heavy atom. The fraction of sp³-hybridized carbons (Fsp3) is 0.0667. The highest BCUT2D eigenvalue weighted by atomic mass is 35.5. The van der Waals surface area contributed by atoms with Gasteiger partial charge in [0.2, 0.25) is 0 Å². The molecule has 1 heterocycles. The van der Waals surface area contributed by atoms with E-state index < -0.39 is 0 Å². The number of fused-ring (bicyclic) bond motifs is 1. The summed E-state index contributed by atoms with van der Waals surface area (Å²) in [7, 11) is 1.63. The monoisotopic (exact) mass is 285 g/mol. The highest BCUT2D eigenvalue weighted by Crippen LogP contribution is 2.30. The second-order valence-electron chi connectivity index (χ2n) is 4.21. The Labute approximate surface area is 121 Å². The molecule has 2 aromatic carbocycles. The van der Waals surface area contributed by atoms with Crippen LogP contribution in [-0.4, -0.2) is 17.1 Å². The summed E-state index contributed by atoms with van der Waals surface area (Å²) in [5.41, 5.74) is 1.68. The lowest BCUT2D eigenvalue weighted by atomic mass is 10.2. The van der Waals surface area contributed by atoms with Crippen LogP contribution < -0.4 is 10.1 Å². The van der Waals surface area contributed by atoms with Crippen molar-refractivity contribution in [3.63, 3.8) is 0 Å². The van der Waals surface area contributed by atoms with Gasteiger partial charge < -0.3 is 10.1 Å². The first kappa shape index (κ1) is 12.7. The molecule has 0 amide bonds. The molecule has 0 aliphatic carbocycles. The number of anilines is 2. The molecule has 20 heavy (non-hydrogen) atoms. The molecule has 100 valence electrons. The first-order valence-corrected chi connectivity index (χ1v) is 6.46. The maximum absolute atomic E-state index is 6.04. The van der Waals surface area contributed by atoms with Gasteiger partial charge in [-0.3, -0.25) is 0 Å². The van der Waals surface area contributed by atoms with E-state index in [4.69, 9.17) is 16.3 Å². The lowest BCUT2D eigenvalue weighted by Crippen LogP contribution is -1.98. The van der Waals surface area contributed by atoms with Gasteiger partial charge in [-0.1, -0.05) is 23.7 Å². The average Bonchev–Trinajstić information content (AvgIpc) is 2.48. The van der Waals surface area contributed by atoms with Gasteiger partial charge in [-0.25, -0.2) is 9.97 Å². The molecule has 0 aliphatic rings. The molecule has 3 rings (SSSR count). The molecule has 5 heteroatoms. The van der Waals surface area contributed by atoms with Crippen molar-refractivity contribution in [3.8, 4) is 5.75 Å². The van der Waals surface area contributed by atoms with Gasteiger partial charge in [0, 0.05) is 10.4 Å². The van der Waals surface area contributed by atoms with Crippen molar-refractivity contribution in [1.29, 1.82) is 0 Å². The van der Waals surface area contributed by atoms with Crippen LogP contribution in [0, 0.1) is 0 Å². The minimum absolute atomic E-state index is 0.648. The van der Waals surface area contributed by atoms with E-state index >= 15 is 0 Å². The van der Waals surface area contributed by atoms with Gasteiger partial charge in [0.15, 0.2) is 0 Å². The highest BCUT2D eigenvalue weighted by molar-refractivity contribution is 6.31. The second kappa shape index (κ2) is 5.35. The Hall–Kier alpha value is -2.33. The van der Waals surface area contributed by atoms with Crippen LogP contribution in [0.4, 0.5) is 11.5 Å². The van der Waals surface area contributed by atoms with Gasteiger partial charge in [0.25, 0.3) is 0 Å². The lowest BCUT2D eigenvalue weighted by molar-refractivity contribution is 0.417. The minimum atomic E-state index is 0.648. The molecule has 0 fully saturated rings. The van der Waals surface area contributed by atoms with Crippen LogP contribution in [-0.2, 0) is 0 Å². The predicted molar refractivity (Wildman–Crippen MR) is 80.8 cm³/mol. The first-order valence-electron chi connectivity index (χ1n) is 6.08. The number of nitrogens with zero attached hydrogens (tertiary/aromatic N) is 2. The van der Waals surface area contributed by atoms with Crippen molar-refractivity contribution < 1.29 is 4.74 Å². The normalized spacial score (nSPS) is 10.5. The fourth-order valence-electron chi connectivity index (χ4n) is 2.00. The van der Waals surface area contributed by atoms with Crippen molar-refractivity contribution >= 4 is 34.0 Å². The van der Waals surface area contributed by atoms with Crippen LogP contribution in [0.5, 0.6) is 5.75 Å². The van der Waals surface area contributed by atoms with Crippen LogP contribution in [0.15, 0.2) is 48.8 Å². The van der Waals surface area contributed by atoms with E-state index in [1.165, 1.54) is 6.33 Å². The first-order chi connectivity index (χ1) is 9.78. The number of ether oxygens (including phenoxy) is 1. The largest absolute Gasteiger partial charge is 0.495 e. The number of aromatic nitrogens is 2. The summed E-state index contributed by atoms with van der Waals surface area (Å²) in [4.78, 5) is 8.51. The third kappa shape index (κ3) is 2.38. The Morgan fingerprint density at radius 2 is 1.95 bits per heavy atom. The van der Waals surface area contributed by atoms with E-state index in [1.54, 1.807) is 7.11 Å². The SMILES string of the molecule is COc1ccccc1Nc1ncnc2ccc(Cl)cc12. The lowest BCUT2D eigenvalue weighted by Gasteiger charge is -2.11. The molecule has 0 saturated carbocycles. The summed E-state index contributed by atoms with van der Waals surface area (Å²) in [6.07, 6.45) is 1.52. The molecule has 0 unspecified atom stereocenters. The van der Waals surface area contributed by atoms with E-state index in [0.717, 1.165) is 22.3 Å². The predicted octanol–water partition coefficient (Wildman–Crippen LogP) is 4.04. The summed E-state index contributed by atoms with van der Waals surface area (Å²) in [5.74, 6) is 1.45. The van der Waals surface area contributed by atoms with Crippen LogP contribution in [0.1, 0.15) is 0 Å². The van der Waals surface area contributed by atoms with E-state index in [-0.39, 0.29) is 0 Å². The zero-order valence-electron chi connectivity index (χ0n) is 10.8. The van der Waals surface area contributed by atoms with Crippen molar-refractivity contribution in [2.45, 2.75) is 0 Å². The quantitative estimate of drug-likeness (QED) is 0.789. The van der Waals surface area contributed by atoms with Crippen LogP contribution >= 0.6 is 11.6 Å². The Balaban J connectivity index is 2.08. The average molecular weight is 286 g/mol. The van der Waals surface area contributed by atoms with Crippen LogP contribution in [0.2, 0.25) is 5.02 Å². The van der Waals surface area contributed by atoms with Crippen LogP contribution in [0.25, 0.3) is 10.9 Å². The molecule has 0 saturated heterocycles. The van der Waals surface area contributed by atoms with E-state index in [1.807, 2.05) is 42.5 Å². The number of hydrogen-bond donors (Lipinski definition) is 1. The zero-order valence-corrected chi connectivity index (χ0v) is 11.6. The molecule has 0 atom stereocenters. The van der Waals surface area contributed by atoms with Gasteiger partial charge in [0.1, 0.15) is 17.9 Å². The summed E-state index contributed by atoms with van der Waals surface area (Å²) < 4.78 is 5.32. The van der Waals surface area contributed by atoms with Crippen molar-refractivity contribution in [3.05, 3.63) is 53.8 Å². The second-order valence-corrected chi connectivity index (χ2v) is 4.65. The molecule has 1 N–H and O–H groups in total. The molecular weight excluding hydrogens is 274 g/mol. The molecule has 0 radical (unpaired) electrons. The Kier molecular flexibility index (Phi) is 3.39. The molecule has 4 nitrogen and oxygen atoms in total. The molecule has 0 bridgehead atoms. The number of benzene rings is 2. The number of hydrogen-bond acceptors (Lipinski definition) is 4. The molecular formula is C15H12ClN3O. The minimum Gasteiger partial charge on any atom is -0.495 e. The summed E-state index contributed by atoms with van der Waals surface area (Å²) in [5, 5.41) is 4.77. The number of halogens is 1. The van der Waals surface area contributed by atoms with Crippen molar-refractivity contribution in [2.75, 3.05) is 12.4 Å². The summed E-state index contributed by atoms with van der Waals surface area (Å²) in [6, 6.07) is 13.2. The van der Waals surface area contributed by atoms with Gasteiger partial charge in [0.05, 0.1) is 18.3 Å². The topological polar surface area (TPSA) is 47.0 Å². The summed E-state index contributed by atoms with van der Waals surface area (Å²) in [6.45, 7) is 0. The molecule has 0 aliphatic heterocycles. The van der Waals surface area contributed by atoms with E-state index in [0.29, 0.717) is 10.8 Å². The van der Waals surface area contributed by atoms with Gasteiger partial charge in [-0.05, 0) is 30.3 Å². The number of nitrogens with one attached hydrogen (secondary N) is 1. The third-order valence-corrected chi connectivity index (χ3v) is 3.19. The van der Waals surface area contributed by atoms with Gasteiger partial charge in [-0.2, -0.15) is 0 Å². The maximum Gasteiger partial charge on any atom is 0.142 e.